The molecule has 0 aliphatic heterocycles. The molecule has 2 aromatic carbocycles. The van der Waals surface area contributed by atoms with Crippen LogP contribution in [0.5, 0.6) is 0 Å². The summed E-state index contributed by atoms with van der Waals surface area (Å²) >= 11 is 5.70. The monoisotopic (exact) mass is 348 g/mol. The van der Waals surface area contributed by atoms with E-state index in [0.717, 1.165) is 0 Å². The van der Waals surface area contributed by atoms with Crippen molar-refractivity contribution in [2.75, 3.05) is 5.32 Å². The number of nitro groups is 1. The summed E-state index contributed by atoms with van der Waals surface area (Å²) in [7, 11) is 0. The van der Waals surface area contributed by atoms with Crippen LogP contribution in [0.4, 0.5) is 15.8 Å². The standard InChI is InChI=1S/C15H10ClFN4O3/c16-11-5-2-6-12(14(11)17)18-8-13-19-15(20-24-13)9-3-1-4-10(7-9)21(22)23/h1-7,18H,8H2. The Kier molecular flexibility index (Phi) is 4.39. The summed E-state index contributed by atoms with van der Waals surface area (Å²) in [5.74, 6) is -0.157. The van der Waals surface area contributed by atoms with Gasteiger partial charge in [-0.25, -0.2) is 4.39 Å². The van der Waals surface area contributed by atoms with Gasteiger partial charge in [0.25, 0.3) is 5.69 Å². The van der Waals surface area contributed by atoms with Gasteiger partial charge in [0.15, 0.2) is 5.82 Å². The van der Waals surface area contributed by atoms with Gasteiger partial charge in [0, 0.05) is 17.7 Å². The van der Waals surface area contributed by atoms with E-state index in [2.05, 4.69) is 15.5 Å². The van der Waals surface area contributed by atoms with Crippen molar-refractivity contribution < 1.29 is 13.8 Å². The molecule has 3 rings (SSSR count). The van der Waals surface area contributed by atoms with Gasteiger partial charge in [-0.3, -0.25) is 10.1 Å². The van der Waals surface area contributed by atoms with Crippen molar-refractivity contribution in [3.8, 4) is 11.4 Å². The van der Waals surface area contributed by atoms with Gasteiger partial charge in [0.05, 0.1) is 22.2 Å². The van der Waals surface area contributed by atoms with Gasteiger partial charge >= 0.3 is 0 Å². The first-order chi connectivity index (χ1) is 11.5. The maximum absolute atomic E-state index is 13.8. The lowest BCUT2D eigenvalue weighted by molar-refractivity contribution is -0.384. The van der Waals surface area contributed by atoms with Gasteiger partial charge in [0.2, 0.25) is 11.7 Å². The number of hydrogen-bond donors (Lipinski definition) is 1. The molecule has 0 spiro atoms. The Labute approximate surface area is 140 Å². The molecular weight excluding hydrogens is 339 g/mol. The average Bonchev–Trinajstić information content (AvgIpc) is 3.05. The van der Waals surface area contributed by atoms with Crippen LogP contribution in [0.15, 0.2) is 47.0 Å². The van der Waals surface area contributed by atoms with Crippen LogP contribution >= 0.6 is 11.6 Å². The molecule has 0 fully saturated rings. The number of halogens is 2. The van der Waals surface area contributed by atoms with Gasteiger partial charge < -0.3 is 9.84 Å². The summed E-state index contributed by atoms with van der Waals surface area (Å²) in [4.78, 5) is 14.4. The third-order valence-electron chi connectivity index (χ3n) is 3.16. The van der Waals surface area contributed by atoms with Crippen LogP contribution in [-0.2, 0) is 6.54 Å². The van der Waals surface area contributed by atoms with E-state index in [1.54, 1.807) is 12.1 Å². The van der Waals surface area contributed by atoms with Crippen molar-refractivity contribution in [1.82, 2.24) is 10.1 Å². The average molecular weight is 349 g/mol. The Morgan fingerprint density at radius 1 is 1.29 bits per heavy atom. The number of rotatable bonds is 5. The number of hydrogen-bond acceptors (Lipinski definition) is 6. The minimum absolute atomic E-state index is 0.00260. The summed E-state index contributed by atoms with van der Waals surface area (Å²) in [6, 6.07) is 10.5. The summed E-state index contributed by atoms with van der Waals surface area (Å²) in [6.07, 6.45) is 0. The van der Waals surface area contributed by atoms with E-state index in [1.165, 1.54) is 30.3 Å². The lowest BCUT2D eigenvalue weighted by Crippen LogP contribution is -2.02. The highest BCUT2D eigenvalue weighted by atomic mass is 35.5. The fourth-order valence-corrected chi connectivity index (χ4v) is 2.19. The first-order valence-electron chi connectivity index (χ1n) is 6.80. The van der Waals surface area contributed by atoms with E-state index in [9.17, 15) is 14.5 Å². The smallest absolute Gasteiger partial charge is 0.270 e. The predicted octanol–water partition coefficient (Wildman–Crippen LogP) is 4.05. The lowest BCUT2D eigenvalue weighted by Gasteiger charge is -2.05. The Morgan fingerprint density at radius 2 is 2.08 bits per heavy atom. The fourth-order valence-electron chi connectivity index (χ4n) is 2.01. The molecule has 3 aromatic rings. The second kappa shape index (κ2) is 6.63. The van der Waals surface area contributed by atoms with Crippen LogP contribution in [0, 0.1) is 15.9 Å². The van der Waals surface area contributed by atoms with Crippen molar-refractivity contribution >= 4 is 23.0 Å². The summed E-state index contributed by atoms with van der Waals surface area (Å²) in [5.41, 5.74) is 0.587. The first kappa shape index (κ1) is 15.9. The minimum Gasteiger partial charge on any atom is -0.374 e. The highest BCUT2D eigenvalue weighted by Gasteiger charge is 2.13. The summed E-state index contributed by atoms with van der Waals surface area (Å²) < 4.78 is 18.8. The molecule has 1 aromatic heterocycles. The molecule has 24 heavy (non-hydrogen) atoms. The van der Waals surface area contributed by atoms with E-state index in [-0.39, 0.29) is 34.7 Å². The topological polar surface area (TPSA) is 94.1 Å². The van der Waals surface area contributed by atoms with E-state index in [1.807, 2.05) is 0 Å². The maximum atomic E-state index is 13.8. The summed E-state index contributed by atoms with van der Waals surface area (Å²) in [5, 5.41) is 17.4. The van der Waals surface area contributed by atoms with E-state index >= 15 is 0 Å². The molecule has 9 heteroatoms. The molecule has 122 valence electrons. The van der Waals surface area contributed by atoms with Crippen molar-refractivity contribution in [2.24, 2.45) is 0 Å². The van der Waals surface area contributed by atoms with E-state index < -0.39 is 10.7 Å². The molecule has 1 heterocycles. The van der Waals surface area contributed by atoms with Gasteiger partial charge in [-0.15, -0.1) is 0 Å². The Hall–Kier alpha value is -3.00. The van der Waals surface area contributed by atoms with Crippen LogP contribution in [0.2, 0.25) is 5.02 Å². The third kappa shape index (κ3) is 3.33. The van der Waals surface area contributed by atoms with Crippen LogP contribution < -0.4 is 5.32 Å². The molecule has 0 atom stereocenters. The number of nitrogens with one attached hydrogen (secondary N) is 1. The number of benzene rings is 2. The molecule has 0 radical (unpaired) electrons. The zero-order valence-corrected chi connectivity index (χ0v) is 12.8. The molecule has 7 nitrogen and oxygen atoms in total. The van der Waals surface area contributed by atoms with E-state index in [4.69, 9.17) is 16.1 Å². The molecular formula is C15H10ClFN4O3. The van der Waals surface area contributed by atoms with Crippen molar-refractivity contribution in [3.05, 3.63) is 69.3 Å². The Bertz CT molecular complexity index is 900. The minimum atomic E-state index is -0.572. The molecule has 0 saturated carbocycles. The van der Waals surface area contributed by atoms with Gasteiger partial charge in [-0.1, -0.05) is 35.0 Å². The van der Waals surface area contributed by atoms with Gasteiger partial charge in [-0.2, -0.15) is 4.98 Å². The third-order valence-corrected chi connectivity index (χ3v) is 3.46. The van der Waals surface area contributed by atoms with Gasteiger partial charge in [0.1, 0.15) is 0 Å². The Balaban J connectivity index is 1.75. The molecule has 0 aliphatic rings. The summed E-state index contributed by atoms with van der Waals surface area (Å²) in [6.45, 7) is 0.0825. The highest BCUT2D eigenvalue weighted by molar-refractivity contribution is 6.31. The Morgan fingerprint density at radius 3 is 2.88 bits per heavy atom. The largest absolute Gasteiger partial charge is 0.374 e. The van der Waals surface area contributed by atoms with Crippen LogP contribution in [0.25, 0.3) is 11.4 Å². The maximum Gasteiger partial charge on any atom is 0.270 e. The number of nitro benzene ring substituents is 1. The second-order valence-electron chi connectivity index (χ2n) is 4.77. The molecule has 0 aliphatic carbocycles. The lowest BCUT2D eigenvalue weighted by atomic mass is 10.2. The first-order valence-corrected chi connectivity index (χ1v) is 7.17. The number of non-ortho nitro benzene ring substituents is 1. The van der Waals surface area contributed by atoms with Gasteiger partial charge in [-0.05, 0) is 12.1 Å². The number of nitrogens with zero attached hydrogens (tertiary/aromatic N) is 3. The second-order valence-corrected chi connectivity index (χ2v) is 5.18. The zero-order chi connectivity index (χ0) is 17.1. The number of anilines is 1. The van der Waals surface area contributed by atoms with E-state index in [0.29, 0.717) is 5.56 Å². The van der Waals surface area contributed by atoms with Crippen LogP contribution in [-0.4, -0.2) is 15.1 Å². The molecule has 0 unspecified atom stereocenters. The quantitative estimate of drug-likeness (QED) is 0.552. The SMILES string of the molecule is O=[N+]([O-])c1cccc(-c2noc(CNc3cccc(Cl)c3F)n2)c1. The predicted molar refractivity (Wildman–Crippen MR) is 85.1 cm³/mol. The normalized spacial score (nSPS) is 10.6. The highest BCUT2D eigenvalue weighted by Crippen LogP contribution is 2.24. The molecule has 0 amide bonds. The van der Waals surface area contributed by atoms with Crippen molar-refractivity contribution in [1.29, 1.82) is 0 Å². The zero-order valence-electron chi connectivity index (χ0n) is 12.1. The van der Waals surface area contributed by atoms with Crippen LogP contribution in [0.1, 0.15) is 5.89 Å². The number of aromatic nitrogens is 2. The van der Waals surface area contributed by atoms with Crippen LogP contribution in [0.3, 0.4) is 0 Å². The van der Waals surface area contributed by atoms with Crippen molar-refractivity contribution in [2.45, 2.75) is 6.54 Å². The molecule has 0 saturated heterocycles. The van der Waals surface area contributed by atoms with Crippen molar-refractivity contribution in [3.63, 3.8) is 0 Å². The fraction of sp³-hybridized carbons (Fsp3) is 0.0667. The molecule has 1 N–H and O–H groups in total. The molecule has 0 bridgehead atoms.